The van der Waals surface area contributed by atoms with Crippen molar-refractivity contribution >= 4 is 31.6 Å². The highest BCUT2D eigenvalue weighted by Gasteiger charge is 2.30. The second-order valence-corrected chi connectivity index (χ2v) is 6.62. The summed E-state index contributed by atoms with van der Waals surface area (Å²) in [5.41, 5.74) is -1.07. The molecule has 1 N–H and O–H groups in total. The zero-order chi connectivity index (χ0) is 15.7. The minimum absolute atomic E-state index is 0.0533. The average Bonchev–Trinajstić information content (AvgIpc) is 2.37. The molecule has 0 spiro atoms. The number of sulfonamides is 1. The lowest BCUT2D eigenvalue weighted by atomic mass is 10.2. The van der Waals surface area contributed by atoms with Crippen molar-refractivity contribution in [3.8, 4) is 0 Å². The van der Waals surface area contributed by atoms with Gasteiger partial charge in [0.2, 0.25) is 0 Å². The van der Waals surface area contributed by atoms with Gasteiger partial charge in [0.1, 0.15) is 4.90 Å². The molecule has 0 radical (unpaired) electrons. The molecule has 112 valence electrons. The van der Waals surface area contributed by atoms with Crippen LogP contribution in [0.5, 0.6) is 0 Å². The van der Waals surface area contributed by atoms with Crippen LogP contribution in [0.25, 0.3) is 0 Å². The molecule has 0 heterocycles. The van der Waals surface area contributed by atoms with Gasteiger partial charge in [-0.2, -0.15) is 13.2 Å². The zero-order valence-corrected chi connectivity index (χ0v) is 12.8. The molecule has 0 aliphatic heterocycles. The molecule has 2 aromatic carbocycles. The van der Waals surface area contributed by atoms with E-state index in [9.17, 15) is 21.6 Å². The Kier molecular flexibility index (Phi) is 4.29. The van der Waals surface area contributed by atoms with E-state index in [1.165, 1.54) is 24.3 Å². The van der Waals surface area contributed by atoms with E-state index in [0.717, 1.165) is 18.2 Å². The number of hydrogen-bond acceptors (Lipinski definition) is 2. The first-order valence-corrected chi connectivity index (χ1v) is 7.92. The Labute approximate surface area is 128 Å². The Morgan fingerprint density at radius 1 is 1.00 bits per heavy atom. The van der Waals surface area contributed by atoms with E-state index in [1.807, 2.05) is 0 Å². The third kappa shape index (κ3) is 3.76. The van der Waals surface area contributed by atoms with Crippen LogP contribution in [0.1, 0.15) is 5.56 Å². The second-order valence-electron chi connectivity index (χ2n) is 4.11. The SMILES string of the molecule is O=S(=O)(Nc1cccc(C(F)(F)F)c1)c1ccccc1Br. The summed E-state index contributed by atoms with van der Waals surface area (Å²) in [6.45, 7) is 0. The molecule has 0 atom stereocenters. The van der Waals surface area contributed by atoms with Crippen molar-refractivity contribution in [1.82, 2.24) is 0 Å². The number of benzene rings is 2. The van der Waals surface area contributed by atoms with Crippen LogP contribution < -0.4 is 4.72 Å². The molecular formula is C13H9BrF3NO2S. The van der Waals surface area contributed by atoms with Gasteiger partial charge in [-0.15, -0.1) is 0 Å². The first kappa shape index (κ1) is 15.8. The summed E-state index contributed by atoms with van der Waals surface area (Å²) in [4.78, 5) is -0.0533. The van der Waals surface area contributed by atoms with Gasteiger partial charge >= 0.3 is 6.18 Å². The van der Waals surface area contributed by atoms with Crippen LogP contribution in [0.4, 0.5) is 18.9 Å². The predicted molar refractivity (Wildman–Crippen MR) is 76.4 cm³/mol. The third-order valence-electron chi connectivity index (χ3n) is 2.57. The highest BCUT2D eigenvalue weighted by molar-refractivity contribution is 9.10. The molecule has 0 saturated carbocycles. The van der Waals surface area contributed by atoms with Gasteiger partial charge in [-0.3, -0.25) is 4.72 Å². The Hall–Kier alpha value is -1.54. The summed E-state index contributed by atoms with van der Waals surface area (Å²) in [5, 5.41) is 0. The van der Waals surface area contributed by atoms with Crippen molar-refractivity contribution in [2.24, 2.45) is 0 Å². The third-order valence-corrected chi connectivity index (χ3v) is 4.96. The summed E-state index contributed by atoms with van der Waals surface area (Å²) < 4.78 is 64.6. The second kappa shape index (κ2) is 5.69. The van der Waals surface area contributed by atoms with Crippen LogP contribution in [-0.2, 0) is 16.2 Å². The van der Waals surface area contributed by atoms with Crippen molar-refractivity contribution in [2.75, 3.05) is 4.72 Å². The molecule has 0 aromatic heterocycles. The van der Waals surface area contributed by atoms with Gasteiger partial charge in [0, 0.05) is 10.2 Å². The fraction of sp³-hybridized carbons (Fsp3) is 0.0769. The number of alkyl halides is 3. The van der Waals surface area contributed by atoms with Crippen LogP contribution in [-0.4, -0.2) is 8.42 Å². The monoisotopic (exact) mass is 379 g/mol. The average molecular weight is 380 g/mol. The van der Waals surface area contributed by atoms with Crippen LogP contribution in [0.2, 0.25) is 0 Å². The van der Waals surface area contributed by atoms with Gasteiger partial charge in [0.05, 0.1) is 5.56 Å². The smallest absolute Gasteiger partial charge is 0.280 e. The minimum atomic E-state index is -4.53. The van der Waals surface area contributed by atoms with E-state index in [4.69, 9.17) is 0 Å². The highest BCUT2D eigenvalue weighted by Crippen LogP contribution is 2.31. The molecule has 8 heteroatoms. The van der Waals surface area contributed by atoms with Gasteiger partial charge in [-0.1, -0.05) is 18.2 Å². The van der Waals surface area contributed by atoms with E-state index < -0.39 is 21.8 Å². The molecule has 0 fully saturated rings. The normalized spacial score (nSPS) is 12.2. The standard InChI is InChI=1S/C13H9BrF3NO2S/c14-11-6-1-2-7-12(11)21(19,20)18-10-5-3-4-9(8-10)13(15,16)17/h1-8,18H. The molecule has 2 rings (SSSR count). The maximum Gasteiger partial charge on any atom is 0.416 e. The van der Waals surface area contributed by atoms with Crippen molar-refractivity contribution in [1.29, 1.82) is 0 Å². The zero-order valence-electron chi connectivity index (χ0n) is 10.4. The molecule has 0 saturated heterocycles. The van der Waals surface area contributed by atoms with Gasteiger partial charge in [0.25, 0.3) is 10.0 Å². The quantitative estimate of drug-likeness (QED) is 0.865. The van der Waals surface area contributed by atoms with Crippen LogP contribution in [0.15, 0.2) is 57.9 Å². The van der Waals surface area contributed by atoms with Crippen molar-refractivity contribution in [3.05, 3.63) is 58.6 Å². The van der Waals surface area contributed by atoms with Crippen LogP contribution in [0, 0.1) is 0 Å². The molecule has 0 amide bonds. The maximum absolute atomic E-state index is 12.6. The summed E-state index contributed by atoms with van der Waals surface area (Å²) in [6, 6.07) is 10.0. The van der Waals surface area contributed by atoms with Crippen molar-refractivity contribution in [3.63, 3.8) is 0 Å². The minimum Gasteiger partial charge on any atom is -0.280 e. The summed E-state index contributed by atoms with van der Waals surface area (Å²) in [6.07, 6.45) is -4.53. The number of rotatable bonds is 3. The molecule has 0 aliphatic carbocycles. The molecule has 3 nitrogen and oxygen atoms in total. The number of nitrogens with one attached hydrogen (secondary N) is 1. The lowest BCUT2D eigenvalue weighted by Gasteiger charge is -2.12. The van der Waals surface area contributed by atoms with Crippen molar-refractivity contribution < 1.29 is 21.6 Å². The van der Waals surface area contributed by atoms with E-state index in [2.05, 4.69) is 20.7 Å². The Balaban J connectivity index is 2.36. The fourth-order valence-corrected chi connectivity index (χ4v) is 3.69. The molecule has 0 unspecified atom stereocenters. The van der Waals surface area contributed by atoms with Crippen LogP contribution >= 0.6 is 15.9 Å². The van der Waals surface area contributed by atoms with Crippen LogP contribution in [0.3, 0.4) is 0 Å². The van der Waals surface area contributed by atoms with Crippen molar-refractivity contribution in [2.45, 2.75) is 11.1 Å². The largest absolute Gasteiger partial charge is 0.416 e. The Morgan fingerprint density at radius 2 is 1.67 bits per heavy atom. The molecule has 0 bridgehead atoms. The number of anilines is 1. The summed E-state index contributed by atoms with van der Waals surface area (Å²) in [5.74, 6) is 0. The lowest BCUT2D eigenvalue weighted by molar-refractivity contribution is -0.137. The molecule has 21 heavy (non-hydrogen) atoms. The molecule has 0 aliphatic rings. The summed E-state index contributed by atoms with van der Waals surface area (Å²) >= 11 is 3.09. The van der Waals surface area contributed by atoms with E-state index in [0.29, 0.717) is 4.47 Å². The van der Waals surface area contributed by atoms with Gasteiger partial charge in [-0.05, 0) is 46.3 Å². The number of halogens is 4. The Morgan fingerprint density at radius 3 is 2.29 bits per heavy atom. The topological polar surface area (TPSA) is 46.2 Å². The first-order valence-electron chi connectivity index (χ1n) is 5.65. The number of hydrogen-bond donors (Lipinski definition) is 1. The van der Waals surface area contributed by atoms with Gasteiger partial charge in [-0.25, -0.2) is 8.42 Å². The maximum atomic E-state index is 12.6. The van der Waals surface area contributed by atoms with E-state index >= 15 is 0 Å². The fourth-order valence-electron chi connectivity index (χ4n) is 1.63. The highest BCUT2D eigenvalue weighted by atomic mass is 79.9. The summed E-state index contributed by atoms with van der Waals surface area (Å²) in [7, 11) is -3.97. The Bertz CT molecular complexity index is 760. The predicted octanol–water partition coefficient (Wildman–Crippen LogP) is 4.27. The lowest BCUT2D eigenvalue weighted by Crippen LogP contribution is -2.14. The van der Waals surface area contributed by atoms with E-state index in [-0.39, 0.29) is 10.6 Å². The first-order chi connectivity index (χ1) is 9.70. The van der Waals surface area contributed by atoms with Gasteiger partial charge in [0.15, 0.2) is 0 Å². The van der Waals surface area contributed by atoms with Gasteiger partial charge < -0.3 is 0 Å². The molecular weight excluding hydrogens is 371 g/mol. The molecule has 2 aromatic rings. The van der Waals surface area contributed by atoms with E-state index in [1.54, 1.807) is 6.07 Å².